The van der Waals surface area contributed by atoms with Gasteiger partial charge in [0.1, 0.15) is 0 Å². The van der Waals surface area contributed by atoms with Crippen LogP contribution in [-0.2, 0) is 4.74 Å². The average Bonchev–Trinajstić information content (AvgIpc) is 2.56. The molecule has 0 unspecified atom stereocenters. The number of rotatable bonds is 7. The van der Waals surface area contributed by atoms with Gasteiger partial charge in [0.25, 0.3) is 0 Å². The Morgan fingerprint density at radius 1 is 0.952 bits per heavy atom. The van der Waals surface area contributed by atoms with Crippen LogP contribution in [0.4, 0.5) is 0 Å². The molecule has 0 spiro atoms. The van der Waals surface area contributed by atoms with Crippen LogP contribution in [0, 0.1) is 23.2 Å². The van der Waals surface area contributed by atoms with Crippen LogP contribution in [-0.4, -0.2) is 12.2 Å². The van der Waals surface area contributed by atoms with Crippen LogP contribution in [0.3, 0.4) is 0 Å². The predicted octanol–water partition coefficient (Wildman–Crippen LogP) is 5.62. The van der Waals surface area contributed by atoms with Gasteiger partial charge >= 0.3 is 0 Å². The van der Waals surface area contributed by atoms with Crippen molar-refractivity contribution < 1.29 is 4.74 Å². The minimum Gasteiger partial charge on any atom is -0.360 e. The third kappa shape index (κ3) is 4.99. The molecule has 0 heterocycles. The topological polar surface area (TPSA) is 33.0 Å². The molecule has 0 aromatic rings. The van der Waals surface area contributed by atoms with Crippen molar-refractivity contribution in [2.75, 3.05) is 6.61 Å². The van der Waals surface area contributed by atoms with Gasteiger partial charge in [0.05, 0.1) is 6.07 Å². The van der Waals surface area contributed by atoms with Gasteiger partial charge in [0, 0.05) is 6.61 Å². The van der Waals surface area contributed by atoms with Crippen molar-refractivity contribution in [1.82, 2.24) is 0 Å². The fourth-order valence-corrected chi connectivity index (χ4v) is 4.27. The van der Waals surface area contributed by atoms with Crippen molar-refractivity contribution >= 4 is 0 Å². The highest BCUT2D eigenvalue weighted by Gasteiger charge is 2.38. The van der Waals surface area contributed by atoms with Crippen LogP contribution in [0.2, 0.25) is 0 Å². The van der Waals surface area contributed by atoms with Crippen molar-refractivity contribution in [3.8, 4) is 6.07 Å². The fraction of sp³-hybridized carbons (Fsp3) is 0.947. The third-order valence-corrected chi connectivity index (χ3v) is 5.73. The molecule has 21 heavy (non-hydrogen) atoms. The summed E-state index contributed by atoms with van der Waals surface area (Å²) in [6, 6.07) is 2.51. The Bertz CT molecular complexity index is 319. The highest BCUT2D eigenvalue weighted by Crippen LogP contribution is 2.42. The number of ether oxygens (including phenoxy) is 1. The number of unbranched alkanes of at least 4 members (excludes halogenated alkanes) is 3. The summed E-state index contributed by atoms with van der Waals surface area (Å²) in [7, 11) is 0. The summed E-state index contributed by atoms with van der Waals surface area (Å²) >= 11 is 0. The number of nitriles is 1. The van der Waals surface area contributed by atoms with E-state index in [2.05, 4.69) is 13.0 Å². The molecule has 2 aliphatic carbocycles. The molecule has 0 bridgehead atoms. The smallest absolute Gasteiger partial charge is 0.154 e. The van der Waals surface area contributed by atoms with Gasteiger partial charge in [-0.15, -0.1) is 0 Å². The van der Waals surface area contributed by atoms with E-state index in [-0.39, 0.29) is 0 Å². The summed E-state index contributed by atoms with van der Waals surface area (Å²) in [6.07, 6.45) is 16.4. The molecule has 2 aliphatic rings. The molecule has 2 rings (SSSR count). The first-order valence-electron chi connectivity index (χ1n) is 9.35. The first-order valence-corrected chi connectivity index (χ1v) is 9.35. The van der Waals surface area contributed by atoms with Crippen molar-refractivity contribution in [3.05, 3.63) is 0 Å². The van der Waals surface area contributed by atoms with E-state index in [1.165, 1.54) is 64.2 Å². The Morgan fingerprint density at radius 3 is 2.24 bits per heavy atom. The third-order valence-electron chi connectivity index (χ3n) is 5.73. The van der Waals surface area contributed by atoms with Crippen LogP contribution in [0.25, 0.3) is 0 Å². The molecule has 120 valence electrons. The maximum absolute atomic E-state index is 9.57. The second kappa shape index (κ2) is 8.79. The summed E-state index contributed by atoms with van der Waals surface area (Å²) in [6.45, 7) is 3.01. The van der Waals surface area contributed by atoms with E-state index in [1.807, 2.05) is 0 Å². The highest BCUT2D eigenvalue weighted by molar-refractivity contribution is 5.05. The zero-order valence-corrected chi connectivity index (χ0v) is 13.9. The lowest BCUT2D eigenvalue weighted by Crippen LogP contribution is -2.38. The van der Waals surface area contributed by atoms with Gasteiger partial charge in [0.15, 0.2) is 5.60 Å². The Kier molecular flexibility index (Phi) is 7.04. The molecular formula is C19H33NO. The van der Waals surface area contributed by atoms with Crippen LogP contribution >= 0.6 is 0 Å². The van der Waals surface area contributed by atoms with Gasteiger partial charge in [0.2, 0.25) is 0 Å². The minimum atomic E-state index is -0.447. The summed E-state index contributed by atoms with van der Waals surface area (Å²) < 4.78 is 6.04. The van der Waals surface area contributed by atoms with Gasteiger partial charge < -0.3 is 4.74 Å². The molecule has 0 saturated heterocycles. The molecule has 0 amide bonds. The van der Waals surface area contributed by atoms with E-state index in [9.17, 15) is 5.26 Å². The van der Waals surface area contributed by atoms with E-state index in [1.54, 1.807) is 0 Å². The number of hydrogen-bond donors (Lipinski definition) is 0. The summed E-state index contributed by atoms with van der Waals surface area (Å²) in [5.41, 5.74) is -0.447. The van der Waals surface area contributed by atoms with Crippen molar-refractivity contribution in [2.45, 2.75) is 96.0 Å². The van der Waals surface area contributed by atoms with E-state index in [0.717, 1.165) is 37.7 Å². The SMILES string of the molecule is CCCCCCOC1(C#N)CCC(C2CCCCC2)CC1. The van der Waals surface area contributed by atoms with Crippen molar-refractivity contribution in [3.63, 3.8) is 0 Å². The monoisotopic (exact) mass is 291 g/mol. The molecule has 0 N–H and O–H groups in total. The normalized spacial score (nSPS) is 31.0. The lowest BCUT2D eigenvalue weighted by atomic mass is 9.70. The number of hydrogen-bond acceptors (Lipinski definition) is 2. The molecule has 0 aromatic heterocycles. The Balaban J connectivity index is 1.72. The van der Waals surface area contributed by atoms with E-state index in [0.29, 0.717) is 0 Å². The first kappa shape index (κ1) is 16.8. The summed E-state index contributed by atoms with van der Waals surface area (Å²) in [5, 5.41) is 9.57. The van der Waals surface area contributed by atoms with Gasteiger partial charge in [-0.25, -0.2) is 0 Å². The molecule has 2 saturated carbocycles. The summed E-state index contributed by atoms with van der Waals surface area (Å²) in [4.78, 5) is 0. The quantitative estimate of drug-likeness (QED) is 0.571. The van der Waals surface area contributed by atoms with E-state index in [4.69, 9.17) is 4.74 Å². The Labute approximate surface area is 131 Å². The molecule has 0 aromatic carbocycles. The van der Waals surface area contributed by atoms with Crippen LogP contribution in [0.5, 0.6) is 0 Å². The van der Waals surface area contributed by atoms with Gasteiger partial charge in [-0.2, -0.15) is 5.26 Å². The van der Waals surface area contributed by atoms with Gasteiger partial charge in [-0.1, -0.05) is 58.3 Å². The Hall–Kier alpha value is -0.550. The average molecular weight is 291 g/mol. The fourth-order valence-electron chi connectivity index (χ4n) is 4.27. The van der Waals surface area contributed by atoms with Crippen LogP contribution < -0.4 is 0 Å². The molecule has 0 radical (unpaired) electrons. The maximum Gasteiger partial charge on any atom is 0.154 e. The molecule has 2 heteroatoms. The largest absolute Gasteiger partial charge is 0.360 e. The van der Waals surface area contributed by atoms with E-state index < -0.39 is 5.60 Å². The second-order valence-electron chi connectivity index (χ2n) is 7.25. The number of nitrogens with zero attached hydrogens (tertiary/aromatic N) is 1. The summed E-state index contributed by atoms with van der Waals surface area (Å²) in [5.74, 6) is 1.82. The van der Waals surface area contributed by atoms with Crippen molar-refractivity contribution in [2.24, 2.45) is 11.8 Å². The molecule has 2 nitrogen and oxygen atoms in total. The molecule has 2 fully saturated rings. The van der Waals surface area contributed by atoms with Crippen LogP contribution in [0.1, 0.15) is 90.4 Å². The lowest BCUT2D eigenvalue weighted by molar-refractivity contribution is -0.0448. The molecule has 0 aliphatic heterocycles. The van der Waals surface area contributed by atoms with Crippen molar-refractivity contribution in [1.29, 1.82) is 5.26 Å². The standard InChI is InChI=1S/C19H33NO/c1-2-3-4-8-15-21-19(16-20)13-11-18(12-14-19)17-9-6-5-7-10-17/h17-18H,2-15H2,1H3. The van der Waals surface area contributed by atoms with E-state index >= 15 is 0 Å². The zero-order chi connectivity index (χ0) is 15.0. The lowest BCUT2D eigenvalue weighted by Gasteiger charge is -2.39. The second-order valence-corrected chi connectivity index (χ2v) is 7.25. The molecular weight excluding hydrogens is 258 g/mol. The van der Waals surface area contributed by atoms with Gasteiger partial charge in [-0.3, -0.25) is 0 Å². The molecule has 0 atom stereocenters. The first-order chi connectivity index (χ1) is 10.3. The Morgan fingerprint density at radius 2 is 1.62 bits per heavy atom. The minimum absolute atomic E-state index is 0.447. The van der Waals surface area contributed by atoms with Crippen LogP contribution in [0.15, 0.2) is 0 Å². The van der Waals surface area contributed by atoms with Gasteiger partial charge in [-0.05, 0) is 43.9 Å². The predicted molar refractivity (Wildman–Crippen MR) is 87.0 cm³/mol. The zero-order valence-electron chi connectivity index (χ0n) is 13.9. The maximum atomic E-state index is 9.57. The highest BCUT2D eigenvalue weighted by atomic mass is 16.5.